The van der Waals surface area contributed by atoms with E-state index in [2.05, 4.69) is 5.32 Å². The zero-order valence-electron chi connectivity index (χ0n) is 13.5. The Morgan fingerprint density at radius 1 is 1.29 bits per heavy atom. The fraction of sp³-hybridized carbons (Fsp3) is 0.467. The molecule has 0 radical (unpaired) electrons. The first-order chi connectivity index (χ1) is 11.1. The second-order valence-corrected chi connectivity index (χ2v) is 7.47. The van der Waals surface area contributed by atoms with Crippen LogP contribution in [0.25, 0.3) is 0 Å². The predicted octanol–water partition coefficient (Wildman–Crippen LogP) is 1.06. The second-order valence-electron chi connectivity index (χ2n) is 5.43. The summed E-state index contributed by atoms with van der Waals surface area (Å²) in [5, 5.41) is 11.2. The van der Waals surface area contributed by atoms with Crippen LogP contribution in [0.4, 0.5) is 4.39 Å². The Kier molecular flexibility index (Phi) is 7.30. The number of hydrogen-bond donors (Lipinski definition) is 2. The number of carboxylic acids is 1. The van der Waals surface area contributed by atoms with Crippen molar-refractivity contribution in [3.8, 4) is 0 Å². The van der Waals surface area contributed by atoms with Crippen LogP contribution in [0, 0.1) is 11.7 Å². The minimum absolute atomic E-state index is 0.0221. The summed E-state index contributed by atoms with van der Waals surface area (Å²) in [5.74, 6) is -2.55. The molecule has 9 heteroatoms. The molecule has 134 valence electrons. The molecule has 0 heterocycles. The Balaban J connectivity index is 2.45. The fourth-order valence-corrected chi connectivity index (χ4v) is 3.02. The number of amides is 1. The highest BCUT2D eigenvalue weighted by Gasteiger charge is 2.20. The molecule has 0 aromatic heterocycles. The molecule has 0 bridgehead atoms. The van der Waals surface area contributed by atoms with E-state index in [0.29, 0.717) is 0 Å². The maximum Gasteiger partial charge on any atom is 0.308 e. The number of benzene rings is 1. The van der Waals surface area contributed by atoms with E-state index in [1.165, 1.54) is 26.1 Å². The van der Waals surface area contributed by atoms with Crippen LogP contribution in [0.1, 0.15) is 19.8 Å². The normalized spacial score (nSPS) is 12.8. The van der Waals surface area contributed by atoms with E-state index in [-0.39, 0.29) is 36.7 Å². The predicted molar refractivity (Wildman–Crippen MR) is 85.3 cm³/mol. The van der Waals surface area contributed by atoms with Crippen LogP contribution in [0.5, 0.6) is 0 Å². The molecule has 0 saturated heterocycles. The van der Waals surface area contributed by atoms with E-state index in [0.717, 1.165) is 16.4 Å². The molecule has 1 amide bonds. The molecule has 0 spiro atoms. The smallest absolute Gasteiger partial charge is 0.308 e. The lowest BCUT2D eigenvalue weighted by atomic mass is 10.2. The third-order valence-corrected chi connectivity index (χ3v) is 5.30. The summed E-state index contributed by atoms with van der Waals surface area (Å²) >= 11 is 0. The Bertz CT molecular complexity index is 676. The van der Waals surface area contributed by atoms with E-state index in [4.69, 9.17) is 5.11 Å². The number of carbonyl (C=O) groups is 2. The molecule has 1 aromatic rings. The zero-order chi connectivity index (χ0) is 18.3. The van der Waals surface area contributed by atoms with Crippen LogP contribution in [0.15, 0.2) is 29.2 Å². The lowest BCUT2D eigenvalue weighted by molar-refractivity contribution is -0.141. The number of carbonyl (C=O) groups excluding carboxylic acids is 1. The van der Waals surface area contributed by atoms with E-state index in [9.17, 15) is 22.4 Å². The van der Waals surface area contributed by atoms with Crippen molar-refractivity contribution in [1.82, 2.24) is 9.62 Å². The molecule has 7 nitrogen and oxygen atoms in total. The molecule has 1 aromatic carbocycles. The molecule has 0 saturated carbocycles. The Hall–Kier alpha value is -2.00. The first-order valence-electron chi connectivity index (χ1n) is 7.36. The number of nitrogens with one attached hydrogen (secondary N) is 1. The largest absolute Gasteiger partial charge is 0.481 e. The van der Waals surface area contributed by atoms with E-state index in [1.807, 2.05) is 0 Å². The number of rotatable bonds is 9. The average molecular weight is 360 g/mol. The van der Waals surface area contributed by atoms with Gasteiger partial charge in [0.1, 0.15) is 5.82 Å². The van der Waals surface area contributed by atoms with Crippen LogP contribution in [-0.2, 0) is 19.6 Å². The number of hydrogen-bond acceptors (Lipinski definition) is 4. The molecule has 1 atom stereocenters. The third kappa shape index (κ3) is 5.89. The molecule has 0 fully saturated rings. The van der Waals surface area contributed by atoms with Gasteiger partial charge in [-0.25, -0.2) is 17.1 Å². The first kappa shape index (κ1) is 20.0. The Morgan fingerprint density at radius 2 is 1.88 bits per heavy atom. The summed E-state index contributed by atoms with van der Waals surface area (Å²) in [7, 11) is -2.36. The van der Waals surface area contributed by atoms with Gasteiger partial charge in [-0.15, -0.1) is 0 Å². The van der Waals surface area contributed by atoms with Crippen molar-refractivity contribution in [1.29, 1.82) is 0 Å². The van der Waals surface area contributed by atoms with Gasteiger partial charge in [0.2, 0.25) is 15.9 Å². The molecular formula is C15H21FN2O5S. The van der Waals surface area contributed by atoms with Gasteiger partial charge >= 0.3 is 5.97 Å². The van der Waals surface area contributed by atoms with Crippen molar-refractivity contribution in [2.24, 2.45) is 5.92 Å². The van der Waals surface area contributed by atoms with Crippen LogP contribution >= 0.6 is 0 Å². The molecule has 2 N–H and O–H groups in total. The number of carboxylic acid groups (broad SMARTS) is 1. The topological polar surface area (TPSA) is 104 Å². The highest BCUT2D eigenvalue weighted by atomic mass is 32.2. The molecule has 0 aliphatic carbocycles. The third-order valence-electron chi connectivity index (χ3n) is 3.43. The second kappa shape index (κ2) is 8.74. The van der Waals surface area contributed by atoms with Crippen molar-refractivity contribution >= 4 is 21.9 Å². The summed E-state index contributed by atoms with van der Waals surface area (Å²) in [4.78, 5) is 22.2. The number of aliphatic carboxylic acids is 1. The van der Waals surface area contributed by atoms with Gasteiger partial charge in [0.25, 0.3) is 0 Å². The van der Waals surface area contributed by atoms with Gasteiger partial charge in [-0.3, -0.25) is 9.59 Å². The lowest BCUT2D eigenvalue weighted by Crippen LogP contribution is -2.32. The molecule has 0 aliphatic rings. The van der Waals surface area contributed by atoms with Crippen molar-refractivity contribution in [3.05, 3.63) is 30.1 Å². The zero-order valence-corrected chi connectivity index (χ0v) is 14.3. The van der Waals surface area contributed by atoms with Crippen LogP contribution in [0.2, 0.25) is 0 Å². The standard InChI is InChI=1S/C15H21FN2O5S/c1-11(15(20)21)10-17-14(19)4-3-9-18(2)24(22,23)13-7-5-12(16)6-8-13/h5-8,11H,3-4,9-10H2,1-2H3,(H,17,19)(H,20,21). The fourth-order valence-electron chi connectivity index (χ4n) is 1.81. The van der Waals surface area contributed by atoms with Gasteiger partial charge in [-0.05, 0) is 30.7 Å². The summed E-state index contributed by atoms with van der Waals surface area (Å²) in [5.41, 5.74) is 0. The number of sulfonamides is 1. The van der Waals surface area contributed by atoms with E-state index in [1.54, 1.807) is 0 Å². The van der Waals surface area contributed by atoms with Crippen LogP contribution < -0.4 is 5.32 Å². The molecule has 1 rings (SSSR count). The molecular weight excluding hydrogens is 339 g/mol. The maximum atomic E-state index is 12.9. The number of nitrogens with zero attached hydrogens (tertiary/aromatic N) is 1. The Morgan fingerprint density at radius 3 is 2.42 bits per heavy atom. The van der Waals surface area contributed by atoms with E-state index >= 15 is 0 Å². The van der Waals surface area contributed by atoms with Gasteiger partial charge < -0.3 is 10.4 Å². The van der Waals surface area contributed by atoms with Crippen molar-refractivity contribution in [2.75, 3.05) is 20.1 Å². The monoisotopic (exact) mass is 360 g/mol. The maximum absolute atomic E-state index is 12.9. The highest BCUT2D eigenvalue weighted by Crippen LogP contribution is 2.15. The van der Waals surface area contributed by atoms with Crippen molar-refractivity contribution in [2.45, 2.75) is 24.7 Å². The minimum Gasteiger partial charge on any atom is -0.481 e. The van der Waals surface area contributed by atoms with Crippen LogP contribution in [0.3, 0.4) is 0 Å². The Labute approximate surface area is 140 Å². The first-order valence-corrected chi connectivity index (χ1v) is 8.80. The van der Waals surface area contributed by atoms with Gasteiger partial charge in [0, 0.05) is 26.6 Å². The van der Waals surface area contributed by atoms with Crippen LogP contribution in [-0.4, -0.2) is 49.8 Å². The van der Waals surface area contributed by atoms with E-state index < -0.39 is 27.7 Å². The average Bonchev–Trinajstić information content (AvgIpc) is 2.52. The highest BCUT2D eigenvalue weighted by molar-refractivity contribution is 7.89. The molecule has 0 aliphatic heterocycles. The molecule has 24 heavy (non-hydrogen) atoms. The summed E-state index contributed by atoms with van der Waals surface area (Å²) < 4.78 is 38.4. The van der Waals surface area contributed by atoms with Crippen molar-refractivity contribution in [3.63, 3.8) is 0 Å². The summed E-state index contributed by atoms with van der Waals surface area (Å²) in [6.45, 7) is 1.62. The summed E-state index contributed by atoms with van der Waals surface area (Å²) in [6, 6.07) is 4.50. The van der Waals surface area contributed by atoms with Gasteiger partial charge in [-0.1, -0.05) is 6.92 Å². The SMILES string of the molecule is CC(CNC(=O)CCCN(C)S(=O)(=O)c1ccc(F)cc1)C(=O)O. The summed E-state index contributed by atoms with van der Waals surface area (Å²) in [6.07, 6.45) is 0.361. The van der Waals surface area contributed by atoms with Gasteiger partial charge in [0.05, 0.1) is 10.8 Å². The van der Waals surface area contributed by atoms with Gasteiger partial charge in [-0.2, -0.15) is 0 Å². The number of halogens is 1. The van der Waals surface area contributed by atoms with Gasteiger partial charge in [0.15, 0.2) is 0 Å². The lowest BCUT2D eigenvalue weighted by Gasteiger charge is -2.17. The van der Waals surface area contributed by atoms with Crippen molar-refractivity contribution < 1.29 is 27.5 Å². The quantitative estimate of drug-likeness (QED) is 0.685. The minimum atomic E-state index is -3.73. The molecule has 1 unspecified atom stereocenters.